The highest BCUT2D eigenvalue weighted by atomic mass is 32.2. The minimum absolute atomic E-state index is 0.0466. The summed E-state index contributed by atoms with van der Waals surface area (Å²) in [5, 5.41) is 2.54. The number of rotatable bonds is 7. The van der Waals surface area contributed by atoms with Crippen molar-refractivity contribution in [2.45, 2.75) is 6.92 Å². The van der Waals surface area contributed by atoms with Crippen molar-refractivity contribution in [3.8, 4) is 0 Å². The molecule has 144 valence electrons. The molecule has 2 aromatic carbocycles. The monoisotopic (exact) mass is 394 g/mol. The van der Waals surface area contributed by atoms with Crippen molar-refractivity contribution in [3.63, 3.8) is 0 Å². The quantitative estimate of drug-likeness (QED) is 0.728. The summed E-state index contributed by atoms with van der Waals surface area (Å²) in [4.78, 5) is 23.9. The van der Waals surface area contributed by atoms with E-state index in [9.17, 15) is 22.4 Å². The second-order valence-electron chi connectivity index (χ2n) is 5.60. The summed E-state index contributed by atoms with van der Waals surface area (Å²) in [6.45, 7) is 1.42. The normalized spacial score (nSPS) is 10.9. The first-order valence-electron chi connectivity index (χ1n) is 8.01. The van der Waals surface area contributed by atoms with E-state index in [-0.39, 0.29) is 12.3 Å². The molecule has 2 rings (SSSR count). The number of halogens is 1. The third kappa shape index (κ3) is 5.78. The van der Waals surface area contributed by atoms with Crippen LogP contribution in [0, 0.1) is 5.82 Å². The molecule has 27 heavy (non-hydrogen) atoms. The predicted octanol–water partition coefficient (Wildman–Crippen LogP) is 2.41. The van der Waals surface area contributed by atoms with Gasteiger partial charge in [0.25, 0.3) is 0 Å². The van der Waals surface area contributed by atoms with Gasteiger partial charge in [-0.25, -0.2) is 17.6 Å². The summed E-state index contributed by atoms with van der Waals surface area (Å²) in [6.07, 6.45) is 0.930. The Labute approximate surface area is 156 Å². The average Bonchev–Trinajstić information content (AvgIpc) is 2.59. The zero-order chi connectivity index (χ0) is 20.0. The molecule has 0 aromatic heterocycles. The number of carbonyl (C=O) groups excluding carboxylic acids is 2. The van der Waals surface area contributed by atoms with Crippen LogP contribution in [0.15, 0.2) is 48.5 Å². The van der Waals surface area contributed by atoms with Gasteiger partial charge in [-0.2, -0.15) is 0 Å². The molecule has 0 unspecified atom stereocenters. The van der Waals surface area contributed by atoms with Crippen molar-refractivity contribution < 1.29 is 27.1 Å². The number of sulfonamides is 1. The molecule has 0 aliphatic carbocycles. The molecule has 0 spiro atoms. The van der Waals surface area contributed by atoms with Crippen LogP contribution in [0.25, 0.3) is 0 Å². The van der Waals surface area contributed by atoms with Crippen LogP contribution in [0.4, 0.5) is 15.8 Å². The molecule has 2 aromatic rings. The number of hydrogen-bond acceptors (Lipinski definition) is 5. The Morgan fingerprint density at radius 3 is 2.37 bits per heavy atom. The Hall–Kier alpha value is -2.94. The molecular formula is C18H19FN2O5S. The van der Waals surface area contributed by atoms with Crippen molar-refractivity contribution in [2.24, 2.45) is 0 Å². The zero-order valence-electron chi connectivity index (χ0n) is 14.8. The number of nitrogens with zero attached hydrogens (tertiary/aromatic N) is 1. The smallest absolute Gasteiger partial charge is 0.338 e. The number of anilines is 2. The topological polar surface area (TPSA) is 92.8 Å². The number of nitrogens with one attached hydrogen (secondary N) is 1. The van der Waals surface area contributed by atoms with Crippen molar-refractivity contribution in [3.05, 3.63) is 59.9 Å². The van der Waals surface area contributed by atoms with Crippen LogP contribution < -0.4 is 9.62 Å². The van der Waals surface area contributed by atoms with Gasteiger partial charge in [-0.15, -0.1) is 0 Å². The van der Waals surface area contributed by atoms with E-state index in [1.807, 2.05) is 0 Å². The Kier molecular flexibility index (Phi) is 6.51. The Morgan fingerprint density at radius 2 is 1.81 bits per heavy atom. The number of hydrogen-bond donors (Lipinski definition) is 1. The number of benzene rings is 2. The van der Waals surface area contributed by atoms with E-state index in [1.54, 1.807) is 6.92 Å². The maximum Gasteiger partial charge on any atom is 0.338 e. The minimum Gasteiger partial charge on any atom is -0.462 e. The minimum atomic E-state index is -3.80. The Bertz CT molecular complexity index is 929. The third-order valence-corrected chi connectivity index (χ3v) is 4.60. The molecule has 0 bridgehead atoms. The lowest BCUT2D eigenvalue weighted by Crippen LogP contribution is -2.37. The highest BCUT2D eigenvalue weighted by Crippen LogP contribution is 2.19. The fraction of sp³-hybridized carbons (Fsp3) is 0.222. The number of esters is 1. The summed E-state index contributed by atoms with van der Waals surface area (Å²) >= 11 is 0. The summed E-state index contributed by atoms with van der Waals surface area (Å²) in [5.41, 5.74) is 0.749. The first-order valence-corrected chi connectivity index (χ1v) is 9.86. The standard InChI is InChI=1S/C18H19FN2O5S/c1-3-26-18(23)13-7-9-15(10-8-13)20-17(22)12-21(27(2,24)25)16-6-4-5-14(19)11-16/h4-11H,3,12H2,1-2H3,(H,20,22). The molecule has 0 atom stereocenters. The van der Waals surface area contributed by atoms with Gasteiger partial charge in [0, 0.05) is 5.69 Å². The van der Waals surface area contributed by atoms with Gasteiger partial charge in [-0.05, 0) is 49.4 Å². The molecule has 1 N–H and O–H groups in total. The summed E-state index contributed by atoms with van der Waals surface area (Å²) in [6, 6.07) is 10.9. The largest absolute Gasteiger partial charge is 0.462 e. The number of ether oxygens (including phenoxy) is 1. The first-order chi connectivity index (χ1) is 12.7. The van der Waals surface area contributed by atoms with Crippen LogP contribution in [0.2, 0.25) is 0 Å². The summed E-state index contributed by atoms with van der Waals surface area (Å²) in [5.74, 6) is -1.71. The van der Waals surface area contributed by atoms with Gasteiger partial charge in [0.1, 0.15) is 12.4 Å². The highest BCUT2D eigenvalue weighted by Gasteiger charge is 2.21. The van der Waals surface area contributed by atoms with Gasteiger partial charge in [0.05, 0.1) is 24.1 Å². The average molecular weight is 394 g/mol. The molecular weight excluding hydrogens is 375 g/mol. The maximum absolute atomic E-state index is 13.4. The van der Waals surface area contributed by atoms with E-state index in [0.717, 1.165) is 16.6 Å². The molecule has 9 heteroatoms. The van der Waals surface area contributed by atoms with Crippen molar-refractivity contribution in [1.29, 1.82) is 0 Å². The molecule has 0 aliphatic rings. The van der Waals surface area contributed by atoms with E-state index in [0.29, 0.717) is 11.3 Å². The van der Waals surface area contributed by atoms with Crippen LogP contribution in [-0.4, -0.2) is 39.7 Å². The summed E-state index contributed by atoms with van der Waals surface area (Å²) < 4.78 is 43.0. The number of amides is 1. The van der Waals surface area contributed by atoms with Crippen LogP contribution in [0.1, 0.15) is 17.3 Å². The highest BCUT2D eigenvalue weighted by molar-refractivity contribution is 7.92. The van der Waals surface area contributed by atoms with Gasteiger partial charge in [0.2, 0.25) is 15.9 Å². The molecule has 0 fully saturated rings. The fourth-order valence-electron chi connectivity index (χ4n) is 2.27. The lowest BCUT2D eigenvalue weighted by molar-refractivity contribution is -0.114. The SMILES string of the molecule is CCOC(=O)c1ccc(NC(=O)CN(c2cccc(F)c2)S(C)(=O)=O)cc1. The predicted molar refractivity (Wildman–Crippen MR) is 99.6 cm³/mol. The van der Waals surface area contributed by atoms with Crippen molar-refractivity contribution in [2.75, 3.05) is 29.0 Å². The van der Waals surface area contributed by atoms with Crippen LogP contribution >= 0.6 is 0 Å². The fourth-order valence-corrected chi connectivity index (χ4v) is 3.11. The van der Waals surface area contributed by atoms with Gasteiger partial charge in [-0.1, -0.05) is 6.07 Å². The lowest BCUT2D eigenvalue weighted by Gasteiger charge is -2.21. The van der Waals surface area contributed by atoms with Crippen LogP contribution in [0.3, 0.4) is 0 Å². The van der Waals surface area contributed by atoms with Gasteiger partial charge < -0.3 is 10.1 Å². The van der Waals surface area contributed by atoms with Crippen molar-refractivity contribution in [1.82, 2.24) is 0 Å². The molecule has 0 saturated carbocycles. The van der Waals surface area contributed by atoms with E-state index in [2.05, 4.69) is 5.32 Å². The molecule has 0 radical (unpaired) electrons. The van der Waals surface area contributed by atoms with Crippen LogP contribution in [-0.2, 0) is 19.6 Å². The number of carbonyl (C=O) groups is 2. The van der Waals surface area contributed by atoms with E-state index < -0.39 is 34.3 Å². The second-order valence-corrected chi connectivity index (χ2v) is 7.50. The second kappa shape index (κ2) is 8.63. The third-order valence-electron chi connectivity index (χ3n) is 3.46. The maximum atomic E-state index is 13.4. The Balaban J connectivity index is 2.11. The molecule has 0 saturated heterocycles. The Morgan fingerprint density at radius 1 is 1.15 bits per heavy atom. The zero-order valence-corrected chi connectivity index (χ0v) is 15.6. The van der Waals surface area contributed by atoms with E-state index >= 15 is 0 Å². The van der Waals surface area contributed by atoms with Gasteiger partial charge in [-0.3, -0.25) is 9.10 Å². The molecule has 1 amide bonds. The van der Waals surface area contributed by atoms with Gasteiger partial charge >= 0.3 is 5.97 Å². The van der Waals surface area contributed by atoms with Gasteiger partial charge in [0.15, 0.2) is 0 Å². The molecule has 0 aliphatic heterocycles. The van der Waals surface area contributed by atoms with Crippen molar-refractivity contribution >= 4 is 33.3 Å². The van der Waals surface area contributed by atoms with Crippen LogP contribution in [0.5, 0.6) is 0 Å². The van der Waals surface area contributed by atoms with E-state index in [4.69, 9.17) is 4.74 Å². The molecule has 0 heterocycles. The molecule has 7 nitrogen and oxygen atoms in total. The lowest BCUT2D eigenvalue weighted by atomic mass is 10.2. The van der Waals surface area contributed by atoms with E-state index in [1.165, 1.54) is 42.5 Å². The summed E-state index contributed by atoms with van der Waals surface area (Å²) in [7, 11) is -3.80. The first kappa shape index (κ1) is 20.4.